The number of carboxylic acids is 1. The van der Waals surface area contributed by atoms with Crippen molar-refractivity contribution in [3.63, 3.8) is 0 Å². The number of aryl methyl sites for hydroxylation is 1. The molecular weight excluding hydrogens is 270 g/mol. The first-order valence-electron chi connectivity index (χ1n) is 6.45. The summed E-state index contributed by atoms with van der Waals surface area (Å²) in [6.07, 6.45) is 5.37. The number of rotatable bonds is 4. The maximum Gasteiger partial charge on any atom is 0.335 e. The smallest absolute Gasteiger partial charge is 0.335 e. The second-order valence-corrected chi connectivity index (χ2v) is 4.56. The van der Waals surface area contributed by atoms with E-state index in [0.717, 1.165) is 17.7 Å². The van der Waals surface area contributed by atoms with Crippen molar-refractivity contribution in [2.75, 3.05) is 0 Å². The van der Waals surface area contributed by atoms with E-state index in [-0.39, 0.29) is 5.56 Å². The summed E-state index contributed by atoms with van der Waals surface area (Å²) in [5, 5.41) is 20.2. The van der Waals surface area contributed by atoms with Crippen molar-refractivity contribution in [3.8, 4) is 16.8 Å². The van der Waals surface area contributed by atoms with Gasteiger partial charge in [0.2, 0.25) is 0 Å². The zero-order valence-corrected chi connectivity index (χ0v) is 11.3. The van der Waals surface area contributed by atoms with Crippen LogP contribution in [0.25, 0.3) is 16.8 Å². The summed E-state index contributed by atoms with van der Waals surface area (Å²) in [6.45, 7) is 2.91. The maximum atomic E-state index is 11.3. The van der Waals surface area contributed by atoms with Gasteiger partial charge in [0.05, 0.1) is 11.3 Å². The first kappa shape index (κ1) is 13.0. The Labute approximate surface area is 120 Å². The summed E-state index contributed by atoms with van der Waals surface area (Å²) in [5.41, 5.74) is 2.57. The molecule has 0 amide bonds. The molecule has 21 heavy (non-hydrogen) atoms. The van der Waals surface area contributed by atoms with Gasteiger partial charge in [0.15, 0.2) is 0 Å². The number of benzene rings is 1. The molecule has 1 N–H and O–H groups in total. The van der Waals surface area contributed by atoms with Crippen LogP contribution in [-0.2, 0) is 6.54 Å². The zero-order chi connectivity index (χ0) is 14.8. The summed E-state index contributed by atoms with van der Waals surface area (Å²) >= 11 is 0. The molecule has 0 saturated carbocycles. The topological polar surface area (TPSA) is 85.8 Å². The highest BCUT2D eigenvalue weighted by molar-refractivity contribution is 5.90. The van der Waals surface area contributed by atoms with E-state index in [1.165, 1.54) is 11.0 Å². The van der Waals surface area contributed by atoms with Gasteiger partial charge in [0.25, 0.3) is 0 Å². The quantitative estimate of drug-likeness (QED) is 0.789. The molecule has 0 aliphatic heterocycles. The minimum atomic E-state index is -0.985. The lowest BCUT2D eigenvalue weighted by molar-refractivity contribution is 0.0697. The molecule has 2 aromatic heterocycles. The Morgan fingerprint density at radius 2 is 2.14 bits per heavy atom. The molecule has 0 fully saturated rings. The number of hydrogen-bond donors (Lipinski definition) is 1. The Kier molecular flexibility index (Phi) is 3.23. The number of carbonyl (C=O) groups is 1. The van der Waals surface area contributed by atoms with Crippen LogP contribution in [0.2, 0.25) is 0 Å². The van der Waals surface area contributed by atoms with Crippen molar-refractivity contribution in [1.29, 1.82) is 0 Å². The van der Waals surface area contributed by atoms with Gasteiger partial charge >= 0.3 is 5.97 Å². The number of carboxylic acid groups (broad SMARTS) is 1. The molecule has 3 rings (SSSR count). The summed E-state index contributed by atoms with van der Waals surface area (Å²) in [5.74, 6) is -0.985. The van der Waals surface area contributed by atoms with Gasteiger partial charge in [-0.3, -0.25) is 0 Å². The third kappa shape index (κ3) is 2.53. The van der Waals surface area contributed by atoms with E-state index in [9.17, 15) is 9.90 Å². The second kappa shape index (κ2) is 5.20. The van der Waals surface area contributed by atoms with Crippen LogP contribution in [0.3, 0.4) is 0 Å². The van der Waals surface area contributed by atoms with Gasteiger partial charge in [-0.25, -0.2) is 9.48 Å². The van der Waals surface area contributed by atoms with E-state index in [2.05, 4.69) is 15.5 Å². The Balaban J connectivity index is 2.13. The molecule has 106 valence electrons. The lowest BCUT2D eigenvalue weighted by atomic mass is 10.0. The zero-order valence-electron chi connectivity index (χ0n) is 11.3. The number of nitrogens with zero attached hydrogens (tertiary/aromatic N) is 5. The molecule has 3 aromatic rings. The molecule has 0 aliphatic carbocycles. The van der Waals surface area contributed by atoms with Gasteiger partial charge in [-0.2, -0.15) is 0 Å². The van der Waals surface area contributed by atoms with Gasteiger partial charge in [-0.15, -0.1) is 5.10 Å². The van der Waals surface area contributed by atoms with Gasteiger partial charge in [0, 0.05) is 18.9 Å². The van der Waals surface area contributed by atoms with Crippen LogP contribution >= 0.6 is 0 Å². The van der Waals surface area contributed by atoms with Crippen LogP contribution in [0.5, 0.6) is 0 Å². The lowest BCUT2D eigenvalue weighted by Gasteiger charge is -2.06. The van der Waals surface area contributed by atoms with Crippen molar-refractivity contribution in [2.45, 2.75) is 13.5 Å². The minimum Gasteiger partial charge on any atom is -0.478 e. The highest BCUT2D eigenvalue weighted by Crippen LogP contribution is 2.24. The van der Waals surface area contributed by atoms with Gasteiger partial charge in [0.1, 0.15) is 6.33 Å². The lowest BCUT2D eigenvalue weighted by Crippen LogP contribution is -2.02. The summed E-state index contributed by atoms with van der Waals surface area (Å²) in [4.78, 5) is 11.3. The molecule has 0 saturated heterocycles. The van der Waals surface area contributed by atoms with Gasteiger partial charge in [-0.1, -0.05) is 0 Å². The van der Waals surface area contributed by atoms with E-state index < -0.39 is 5.97 Å². The Bertz CT molecular complexity index is 777. The average molecular weight is 283 g/mol. The molecule has 0 bridgehead atoms. The molecule has 7 heteroatoms. The maximum absolute atomic E-state index is 11.3. The average Bonchev–Trinajstić information content (AvgIpc) is 3.18. The number of tetrazole rings is 1. The van der Waals surface area contributed by atoms with Crippen LogP contribution in [-0.4, -0.2) is 35.9 Å². The molecule has 0 atom stereocenters. The summed E-state index contributed by atoms with van der Waals surface area (Å²) in [7, 11) is 0. The molecule has 0 unspecified atom stereocenters. The Morgan fingerprint density at radius 3 is 2.76 bits per heavy atom. The third-order valence-corrected chi connectivity index (χ3v) is 3.23. The van der Waals surface area contributed by atoms with Crippen LogP contribution < -0.4 is 0 Å². The monoisotopic (exact) mass is 283 g/mol. The number of aromatic nitrogens is 5. The molecule has 0 spiro atoms. The van der Waals surface area contributed by atoms with Crippen LogP contribution in [0.15, 0.2) is 43.0 Å². The fourth-order valence-electron chi connectivity index (χ4n) is 2.12. The summed E-state index contributed by atoms with van der Waals surface area (Å²) in [6, 6.07) is 7.00. The third-order valence-electron chi connectivity index (χ3n) is 3.23. The fraction of sp³-hybridized carbons (Fsp3) is 0.143. The van der Waals surface area contributed by atoms with E-state index >= 15 is 0 Å². The first-order chi connectivity index (χ1) is 10.2. The van der Waals surface area contributed by atoms with Gasteiger partial charge in [-0.05, 0) is 52.7 Å². The number of hydrogen-bond acceptors (Lipinski definition) is 4. The van der Waals surface area contributed by atoms with Crippen molar-refractivity contribution >= 4 is 5.97 Å². The van der Waals surface area contributed by atoms with Crippen molar-refractivity contribution in [3.05, 3.63) is 48.5 Å². The SMILES string of the molecule is CCn1ccc(-c2cc(C(=O)O)cc(-n3cnnn3)c2)c1. The summed E-state index contributed by atoms with van der Waals surface area (Å²) < 4.78 is 3.46. The van der Waals surface area contributed by atoms with E-state index in [1.54, 1.807) is 12.1 Å². The highest BCUT2D eigenvalue weighted by atomic mass is 16.4. The molecular formula is C14H13N5O2. The Morgan fingerprint density at radius 1 is 1.29 bits per heavy atom. The molecule has 1 aromatic carbocycles. The first-order valence-corrected chi connectivity index (χ1v) is 6.45. The predicted octanol–water partition coefficient (Wildman–Crippen LogP) is 1.85. The van der Waals surface area contributed by atoms with Crippen LogP contribution in [0, 0.1) is 0 Å². The van der Waals surface area contributed by atoms with Crippen molar-refractivity contribution in [2.24, 2.45) is 0 Å². The van der Waals surface area contributed by atoms with Gasteiger partial charge < -0.3 is 9.67 Å². The van der Waals surface area contributed by atoms with E-state index in [1.807, 2.05) is 36.0 Å². The normalized spacial score (nSPS) is 10.7. The largest absolute Gasteiger partial charge is 0.478 e. The fourth-order valence-corrected chi connectivity index (χ4v) is 2.12. The molecule has 7 nitrogen and oxygen atoms in total. The van der Waals surface area contributed by atoms with Crippen LogP contribution in [0.4, 0.5) is 0 Å². The Hall–Kier alpha value is -2.96. The van der Waals surface area contributed by atoms with E-state index in [0.29, 0.717) is 5.69 Å². The standard InChI is InChI=1S/C14H13N5O2/c1-2-18-4-3-10(8-18)11-5-12(14(20)21)7-13(6-11)19-9-15-16-17-19/h3-9H,2H2,1H3,(H,20,21). The van der Waals surface area contributed by atoms with Crippen LogP contribution in [0.1, 0.15) is 17.3 Å². The molecule has 0 aliphatic rings. The second-order valence-electron chi connectivity index (χ2n) is 4.56. The predicted molar refractivity (Wildman–Crippen MR) is 75.2 cm³/mol. The molecule has 0 radical (unpaired) electrons. The minimum absolute atomic E-state index is 0.197. The molecule has 2 heterocycles. The number of aromatic carboxylic acids is 1. The van der Waals surface area contributed by atoms with E-state index in [4.69, 9.17) is 0 Å². The van der Waals surface area contributed by atoms with Crippen molar-refractivity contribution in [1.82, 2.24) is 24.8 Å². The van der Waals surface area contributed by atoms with Crippen molar-refractivity contribution < 1.29 is 9.90 Å². The highest BCUT2D eigenvalue weighted by Gasteiger charge is 2.11.